The van der Waals surface area contributed by atoms with Gasteiger partial charge in [0, 0.05) is 13.2 Å². The van der Waals surface area contributed by atoms with E-state index in [0.29, 0.717) is 5.82 Å². The number of hydrogen-bond donors (Lipinski definition) is 2. The van der Waals surface area contributed by atoms with E-state index in [0.717, 1.165) is 6.20 Å². The topological polar surface area (TPSA) is 71.1 Å². The zero-order valence-corrected chi connectivity index (χ0v) is 13.0. The molecule has 0 radical (unpaired) electrons. The molecule has 0 atom stereocenters. The van der Waals surface area contributed by atoms with E-state index in [2.05, 4.69) is 15.0 Å². The molecule has 2 aromatic rings. The summed E-state index contributed by atoms with van der Waals surface area (Å²) < 4.78 is 40.2. The molecule has 0 spiro atoms. The van der Waals surface area contributed by atoms with Crippen molar-refractivity contribution in [3.8, 4) is 0 Å². The quantitative estimate of drug-likeness (QED) is 0.887. The van der Waals surface area contributed by atoms with Crippen LogP contribution in [-0.2, 0) is 10.0 Å². The summed E-state index contributed by atoms with van der Waals surface area (Å²) in [6.07, 6.45) is 1.11. The Morgan fingerprint density at radius 2 is 1.95 bits per heavy atom. The van der Waals surface area contributed by atoms with Gasteiger partial charge in [-0.25, -0.2) is 17.8 Å². The smallest absolute Gasteiger partial charge is 0.263 e. The third-order valence-electron chi connectivity index (χ3n) is 2.56. The van der Waals surface area contributed by atoms with Crippen LogP contribution in [0, 0.1) is 5.82 Å². The zero-order valence-electron chi connectivity index (χ0n) is 10.7. The number of aromatic nitrogens is 1. The van der Waals surface area contributed by atoms with Crippen molar-refractivity contribution in [1.82, 2.24) is 4.98 Å². The van der Waals surface area contributed by atoms with Gasteiger partial charge in [0.15, 0.2) is 5.82 Å². The van der Waals surface area contributed by atoms with Gasteiger partial charge >= 0.3 is 0 Å². The first-order chi connectivity index (χ1) is 9.85. The normalized spacial score (nSPS) is 11.2. The van der Waals surface area contributed by atoms with Gasteiger partial charge in [0.25, 0.3) is 10.0 Å². The Balaban J connectivity index is 2.39. The average molecular weight is 350 g/mol. The van der Waals surface area contributed by atoms with E-state index in [1.165, 1.54) is 24.3 Å². The van der Waals surface area contributed by atoms with Crippen LogP contribution in [0.2, 0.25) is 10.0 Å². The summed E-state index contributed by atoms with van der Waals surface area (Å²) in [7, 11) is -2.42. The third kappa shape index (κ3) is 3.37. The lowest BCUT2D eigenvalue weighted by Gasteiger charge is -2.10. The standard InChI is InChI=1S/C12H10Cl2FN3O2S/c1-16-12-9(14)5-7(6-17-12)21(19,20)18-10-4-2-3-8(13)11(10)15/h2-6,18H,1H3,(H,16,17). The maximum Gasteiger partial charge on any atom is 0.263 e. The van der Waals surface area contributed by atoms with Crippen LogP contribution in [0.25, 0.3) is 0 Å². The van der Waals surface area contributed by atoms with Crippen LogP contribution in [0.1, 0.15) is 0 Å². The molecule has 0 unspecified atom stereocenters. The van der Waals surface area contributed by atoms with Crippen molar-refractivity contribution in [3.63, 3.8) is 0 Å². The van der Waals surface area contributed by atoms with E-state index in [-0.39, 0.29) is 20.6 Å². The molecule has 0 bridgehead atoms. The average Bonchev–Trinajstić information content (AvgIpc) is 2.43. The Kier molecular flexibility index (Phi) is 4.55. The molecule has 2 N–H and O–H groups in total. The second-order valence-corrected chi connectivity index (χ2v) is 6.46. The Morgan fingerprint density at radius 1 is 1.24 bits per heavy atom. The summed E-state index contributed by atoms with van der Waals surface area (Å²) in [5, 5.41) is 2.65. The minimum Gasteiger partial charge on any atom is -0.372 e. The highest BCUT2D eigenvalue weighted by Crippen LogP contribution is 2.26. The molecule has 0 aliphatic rings. The maximum atomic E-state index is 13.7. The van der Waals surface area contributed by atoms with Crippen LogP contribution in [0.4, 0.5) is 15.9 Å². The summed E-state index contributed by atoms with van der Waals surface area (Å²) in [5.41, 5.74) is -0.253. The fraction of sp³-hybridized carbons (Fsp3) is 0.0833. The molecule has 0 saturated heterocycles. The van der Waals surface area contributed by atoms with E-state index in [4.69, 9.17) is 23.2 Å². The Morgan fingerprint density at radius 3 is 2.57 bits per heavy atom. The summed E-state index contributed by atoms with van der Waals surface area (Å²) in [4.78, 5) is 3.67. The lowest BCUT2D eigenvalue weighted by molar-refractivity contribution is 0.598. The number of benzene rings is 1. The van der Waals surface area contributed by atoms with Gasteiger partial charge in [-0.3, -0.25) is 4.72 Å². The molecular formula is C12H10Cl2FN3O2S. The van der Waals surface area contributed by atoms with Gasteiger partial charge in [-0.2, -0.15) is 0 Å². The van der Waals surface area contributed by atoms with Crippen LogP contribution >= 0.6 is 23.2 Å². The third-order valence-corrected chi connectivity index (χ3v) is 4.47. The molecule has 2 rings (SSSR count). The molecule has 1 heterocycles. The number of nitrogens with zero attached hydrogens (tertiary/aromatic N) is 1. The highest BCUT2D eigenvalue weighted by Gasteiger charge is 2.19. The second kappa shape index (κ2) is 6.05. The van der Waals surface area contributed by atoms with Crippen molar-refractivity contribution in [3.05, 3.63) is 46.3 Å². The van der Waals surface area contributed by atoms with Crippen molar-refractivity contribution in [2.45, 2.75) is 4.90 Å². The Hall–Kier alpha value is -1.57. The molecule has 5 nitrogen and oxygen atoms in total. The minimum absolute atomic E-state index is 0.131. The van der Waals surface area contributed by atoms with E-state index in [9.17, 15) is 12.8 Å². The molecule has 0 amide bonds. The highest BCUT2D eigenvalue weighted by atomic mass is 35.5. The van der Waals surface area contributed by atoms with Crippen LogP contribution in [0.5, 0.6) is 0 Å². The predicted octanol–water partition coefficient (Wildman–Crippen LogP) is 3.37. The van der Waals surface area contributed by atoms with E-state index in [1.807, 2.05) is 0 Å². The molecule has 1 aromatic heterocycles. The first kappa shape index (κ1) is 15.8. The SMILES string of the molecule is CNc1ncc(S(=O)(=O)Nc2cccc(Cl)c2F)cc1Cl. The molecule has 112 valence electrons. The first-order valence-corrected chi connectivity index (χ1v) is 7.89. The monoisotopic (exact) mass is 349 g/mol. The van der Waals surface area contributed by atoms with Crippen molar-refractivity contribution >= 4 is 44.7 Å². The number of hydrogen-bond acceptors (Lipinski definition) is 4. The summed E-state index contributed by atoms with van der Waals surface area (Å²) in [5.74, 6) is -0.516. The Labute approximate surface area is 131 Å². The van der Waals surface area contributed by atoms with Crippen molar-refractivity contribution < 1.29 is 12.8 Å². The highest BCUT2D eigenvalue weighted by molar-refractivity contribution is 7.92. The van der Waals surface area contributed by atoms with Gasteiger partial charge in [0.05, 0.1) is 15.7 Å². The lowest BCUT2D eigenvalue weighted by Crippen LogP contribution is -2.14. The van der Waals surface area contributed by atoms with Gasteiger partial charge < -0.3 is 5.32 Å². The summed E-state index contributed by atoms with van der Waals surface area (Å²) in [6, 6.07) is 5.22. The van der Waals surface area contributed by atoms with E-state index in [1.54, 1.807) is 7.05 Å². The molecule has 0 saturated carbocycles. The summed E-state index contributed by atoms with van der Waals surface area (Å²) in [6.45, 7) is 0. The second-order valence-electron chi connectivity index (χ2n) is 3.96. The zero-order chi connectivity index (χ0) is 15.6. The Bertz CT molecular complexity index is 784. The number of halogens is 3. The van der Waals surface area contributed by atoms with Crippen LogP contribution < -0.4 is 10.0 Å². The van der Waals surface area contributed by atoms with Crippen molar-refractivity contribution in [2.75, 3.05) is 17.1 Å². The fourth-order valence-electron chi connectivity index (χ4n) is 1.54. The minimum atomic E-state index is -4.02. The van der Waals surface area contributed by atoms with Crippen LogP contribution in [0.3, 0.4) is 0 Å². The molecule has 0 aliphatic heterocycles. The first-order valence-electron chi connectivity index (χ1n) is 5.65. The molecule has 9 heteroatoms. The number of rotatable bonds is 4. The molecular weight excluding hydrogens is 340 g/mol. The molecule has 1 aromatic carbocycles. The summed E-state index contributed by atoms with van der Waals surface area (Å²) >= 11 is 11.5. The lowest BCUT2D eigenvalue weighted by atomic mass is 10.3. The van der Waals surface area contributed by atoms with Gasteiger partial charge in [-0.15, -0.1) is 0 Å². The van der Waals surface area contributed by atoms with Gasteiger partial charge in [0.2, 0.25) is 0 Å². The van der Waals surface area contributed by atoms with E-state index >= 15 is 0 Å². The van der Waals surface area contributed by atoms with Gasteiger partial charge in [-0.1, -0.05) is 29.3 Å². The maximum absolute atomic E-state index is 13.7. The van der Waals surface area contributed by atoms with Crippen LogP contribution in [-0.4, -0.2) is 20.4 Å². The number of sulfonamides is 1. The van der Waals surface area contributed by atoms with Gasteiger partial charge in [-0.05, 0) is 18.2 Å². The molecule has 0 aliphatic carbocycles. The van der Waals surface area contributed by atoms with E-state index < -0.39 is 15.8 Å². The largest absolute Gasteiger partial charge is 0.372 e. The number of anilines is 2. The van der Waals surface area contributed by atoms with Crippen molar-refractivity contribution in [2.24, 2.45) is 0 Å². The van der Waals surface area contributed by atoms with Gasteiger partial charge in [0.1, 0.15) is 10.7 Å². The molecule has 21 heavy (non-hydrogen) atoms. The fourth-order valence-corrected chi connectivity index (χ4v) is 3.07. The van der Waals surface area contributed by atoms with Crippen molar-refractivity contribution in [1.29, 1.82) is 0 Å². The number of pyridine rings is 1. The van der Waals surface area contributed by atoms with Crippen LogP contribution in [0.15, 0.2) is 35.4 Å². The predicted molar refractivity (Wildman–Crippen MR) is 81.0 cm³/mol. The number of nitrogens with one attached hydrogen (secondary N) is 2. The molecule has 0 fully saturated rings.